The molecule has 0 radical (unpaired) electrons. The monoisotopic (exact) mass is 375 g/mol. The molecule has 0 aliphatic heterocycles. The zero-order chi connectivity index (χ0) is 18.7. The van der Waals surface area contributed by atoms with E-state index in [1.165, 1.54) is 15.7 Å². The minimum atomic E-state index is -0.480. The molecule has 1 amide bonds. The molecule has 3 rings (SSSR count). The lowest BCUT2D eigenvalue weighted by Crippen LogP contribution is -2.33. The van der Waals surface area contributed by atoms with Crippen LogP contribution < -0.4 is 15.0 Å². The first-order valence-corrected chi connectivity index (χ1v) is 8.70. The normalized spacial score (nSPS) is 10.7. The number of hydrogen-bond donors (Lipinski definition) is 1. The van der Waals surface area contributed by atoms with Crippen molar-refractivity contribution in [3.63, 3.8) is 0 Å². The predicted molar refractivity (Wildman–Crippen MR) is 99.2 cm³/mol. The van der Waals surface area contributed by atoms with E-state index < -0.39 is 4.92 Å². The smallest absolute Gasteiger partial charge is 0.373 e. The molecule has 0 fully saturated rings. The standard InChI is InChI=1S/C16H17N5O4S/c1-3-19(10-13(22)17-11-4-6-12(25-2)7-5-11)14-15(21(23)24)20-8-9-26-16(20)18-14/h4-9H,3,10H2,1-2H3,(H,17,22). The maximum Gasteiger partial charge on any atom is 0.373 e. The Hall–Kier alpha value is -3.14. The molecule has 0 spiro atoms. The molecule has 0 saturated carbocycles. The van der Waals surface area contributed by atoms with Gasteiger partial charge in [-0.2, -0.15) is 9.38 Å². The molecule has 0 aliphatic carbocycles. The quantitative estimate of drug-likeness (QED) is 0.503. The van der Waals surface area contributed by atoms with Gasteiger partial charge in [0.2, 0.25) is 11.7 Å². The van der Waals surface area contributed by atoms with E-state index in [-0.39, 0.29) is 24.1 Å². The second-order valence-corrected chi connectivity index (χ2v) is 6.24. The molecule has 2 aromatic heterocycles. The van der Waals surface area contributed by atoms with Gasteiger partial charge < -0.3 is 25.1 Å². The Morgan fingerprint density at radius 2 is 2.15 bits per heavy atom. The maximum atomic E-state index is 12.4. The number of nitro groups is 1. The third-order valence-electron chi connectivity index (χ3n) is 3.78. The van der Waals surface area contributed by atoms with Gasteiger partial charge in [0.25, 0.3) is 4.96 Å². The summed E-state index contributed by atoms with van der Waals surface area (Å²) >= 11 is 1.30. The van der Waals surface area contributed by atoms with Crippen molar-refractivity contribution in [3.8, 4) is 5.75 Å². The summed E-state index contributed by atoms with van der Waals surface area (Å²) in [6.07, 6.45) is 1.60. The topological polar surface area (TPSA) is 102 Å². The van der Waals surface area contributed by atoms with Gasteiger partial charge in [0, 0.05) is 17.6 Å². The van der Waals surface area contributed by atoms with Gasteiger partial charge in [-0.1, -0.05) is 11.3 Å². The third-order valence-corrected chi connectivity index (χ3v) is 4.54. The molecule has 1 N–H and O–H groups in total. The summed E-state index contributed by atoms with van der Waals surface area (Å²) in [7, 11) is 1.56. The first-order chi connectivity index (χ1) is 12.5. The van der Waals surface area contributed by atoms with E-state index in [9.17, 15) is 14.9 Å². The van der Waals surface area contributed by atoms with Gasteiger partial charge in [0.1, 0.15) is 11.9 Å². The summed E-state index contributed by atoms with van der Waals surface area (Å²) in [5.74, 6) is 0.448. The fraction of sp³-hybridized carbons (Fsp3) is 0.250. The number of nitrogens with zero attached hydrogens (tertiary/aromatic N) is 4. The molecule has 26 heavy (non-hydrogen) atoms. The second kappa shape index (κ2) is 7.40. The molecule has 0 saturated heterocycles. The van der Waals surface area contributed by atoms with Crippen molar-refractivity contribution in [1.29, 1.82) is 0 Å². The number of rotatable bonds is 7. The second-order valence-electron chi connectivity index (χ2n) is 5.36. The molecule has 10 heteroatoms. The lowest BCUT2D eigenvalue weighted by atomic mass is 10.3. The lowest BCUT2D eigenvalue weighted by molar-refractivity contribution is -0.389. The van der Waals surface area contributed by atoms with Gasteiger partial charge in [-0.25, -0.2) is 0 Å². The minimum Gasteiger partial charge on any atom is -0.497 e. The van der Waals surface area contributed by atoms with Gasteiger partial charge in [0.05, 0.1) is 13.7 Å². The van der Waals surface area contributed by atoms with E-state index in [2.05, 4.69) is 10.3 Å². The Labute approximate surface area is 153 Å². The fourth-order valence-electron chi connectivity index (χ4n) is 2.53. The Morgan fingerprint density at radius 1 is 1.42 bits per heavy atom. The van der Waals surface area contributed by atoms with Crippen LogP contribution in [0.15, 0.2) is 35.8 Å². The zero-order valence-electron chi connectivity index (χ0n) is 14.2. The van der Waals surface area contributed by atoms with Crippen LogP contribution in [0.1, 0.15) is 6.92 Å². The van der Waals surface area contributed by atoms with Crippen LogP contribution >= 0.6 is 11.3 Å². The van der Waals surface area contributed by atoms with Gasteiger partial charge >= 0.3 is 5.82 Å². The highest BCUT2D eigenvalue weighted by Crippen LogP contribution is 2.30. The van der Waals surface area contributed by atoms with Gasteiger partial charge in [-0.3, -0.25) is 4.79 Å². The Bertz CT molecular complexity index is 934. The Kier molecular flexibility index (Phi) is 5.03. The van der Waals surface area contributed by atoms with Crippen molar-refractivity contribution < 1.29 is 14.5 Å². The van der Waals surface area contributed by atoms with E-state index in [1.807, 2.05) is 6.92 Å². The van der Waals surface area contributed by atoms with Crippen molar-refractivity contribution in [2.45, 2.75) is 6.92 Å². The summed E-state index contributed by atoms with van der Waals surface area (Å²) < 4.78 is 6.50. The van der Waals surface area contributed by atoms with Crippen LogP contribution in [0.4, 0.5) is 17.3 Å². The molecule has 0 bridgehead atoms. The number of benzene rings is 1. The van der Waals surface area contributed by atoms with E-state index in [4.69, 9.17) is 4.74 Å². The van der Waals surface area contributed by atoms with Gasteiger partial charge in [-0.15, -0.1) is 0 Å². The van der Waals surface area contributed by atoms with E-state index in [0.29, 0.717) is 22.9 Å². The van der Waals surface area contributed by atoms with E-state index in [1.54, 1.807) is 47.9 Å². The summed E-state index contributed by atoms with van der Waals surface area (Å²) in [4.78, 5) is 29.8. The SMILES string of the molecule is CCN(CC(=O)Nc1ccc(OC)cc1)c1nc2sccn2c1[N+](=O)[O-]. The number of methoxy groups -OCH3 is 1. The molecular formula is C16H17N5O4S. The number of imidazole rings is 1. The summed E-state index contributed by atoms with van der Waals surface area (Å²) in [5.41, 5.74) is 0.618. The van der Waals surface area contributed by atoms with E-state index >= 15 is 0 Å². The molecule has 2 heterocycles. The number of ether oxygens (including phenoxy) is 1. The Morgan fingerprint density at radius 3 is 2.77 bits per heavy atom. The maximum absolute atomic E-state index is 12.4. The number of likely N-dealkylation sites (N-methyl/N-ethyl adjacent to an activating group) is 1. The molecule has 1 aromatic carbocycles. The molecule has 0 aliphatic rings. The first kappa shape index (κ1) is 17.7. The number of aromatic nitrogens is 2. The average molecular weight is 375 g/mol. The van der Waals surface area contributed by atoms with Crippen LogP contribution in [0, 0.1) is 10.1 Å². The number of amides is 1. The largest absolute Gasteiger partial charge is 0.497 e. The highest BCUT2D eigenvalue weighted by atomic mass is 32.1. The molecule has 136 valence electrons. The summed E-state index contributed by atoms with van der Waals surface area (Å²) in [5, 5.41) is 16.0. The zero-order valence-corrected chi connectivity index (χ0v) is 15.0. The van der Waals surface area contributed by atoms with Crippen LogP contribution in [-0.2, 0) is 4.79 Å². The number of anilines is 2. The van der Waals surface area contributed by atoms with Crippen molar-refractivity contribution >= 4 is 39.5 Å². The predicted octanol–water partition coefficient (Wildman–Crippen LogP) is 2.78. The van der Waals surface area contributed by atoms with Crippen molar-refractivity contribution in [3.05, 3.63) is 46.0 Å². The number of carbonyl (C=O) groups excluding carboxylic acids is 1. The van der Waals surface area contributed by atoms with Crippen LogP contribution in [0.2, 0.25) is 0 Å². The fourth-order valence-corrected chi connectivity index (χ4v) is 3.23. The molecule has 0 atom stereocenters. The molecule has 9 nitrogen and oxygen atoms in total. The van der Waals surface area contributed by atoms with E-state index in [0.717, 1.165) is 0 Å². The average Bonchev–Trinajstić information content (AvgIpc) is 3.20. The van der Waals surface area contributed by atoms with Crippen LogP contribution in [-0.4, -0.2) is 40.4 Å². The van der Waals surface area contributed by atoms with Crippen molar-refractivity contribution in [1.82, 2.24) is 9.38 Å². The van der Waals surface area contributed by atoms with Crippen molar-refractivity contribution in [2.24, 2.45) is 0 Å². The summed E-state index contributed by atoms with van der Waals surface area (Å²) in [6, 6.07) is 6.92. The highest BCUT2D eigenvalue weighted by molar-refractivity contribution is 7.15. The molecule has 3 aromatic rings. The number of carbonyl (C=O) groups is 1. The molecule has 0 unspecified atom stereocenters. The minimum absolute atomic E-state index is 0.0474. The summed E-state index contributed by atoms with van der Waals surface area (Å²) in [6.45, 7) is 2.17. The van der Waals surface area contributed by atoms with Gasteiger partial charge in [-0.05, 0) is 36.1 Å². The first-order valence-electron chi connectivity index (χ1n) is 7.82. The highest BCUT2D eigenvalue weighted by Gasteiger charge is 2.28. The van der Waals surface area contributed by atoms with Crippen LogP contribution in [0.25, 0.3) is 4.96 Å². The van der Waals surface area contributed by atoms with Crippen LogP contribution in [0.3, 0.4) is 0 Å². The van der Waals surface area contributed by atoms with Gasteiger partial charge in [0.15, 0.2) is 0 Å². The number of nitrogens with one attached hydrogen (secondary N) is 1. The van der Waals surface area contributed by atoms with Crippen molar-refractivity contribution in [2.75, 3.05) is 30.4 Å². The van der Waals surface area contributed by atoms with Crippen LogP contribution in [0.5, 0.6) is 5.75 Å². The Balaban J connectivity index is 1.78. The third kappa shape index (κ3) is 3.45. The lowest BCUT2D eigenvalue weighted by Gasteiger charge is -2.19. The molecular weight excluding hydrogens is 358 g/mol. The number of thiazole rings is 1. The number of fused-ring (bicyclic) bond motifs is 1. The number of hydrogen-bond acceptors (Lipinski definition) is 7.